The molecule has 2 heteroatoms. The first-order chi connectivity index (χ1) is 10.7. The molecule has 116 valence electrons. The van der Waals surface area contributed by atoms with Crippen LogP contribution >= 0.6 is 0 Å². The van der Waals surface area contributed by atoms with Gasteiger partial charge in [0.2, 0.25) is 0 Å². The normalized spacial score (nSPS) is 21.8. The van der Waals surface area contributed by atoms with Crippen LogP contribution in [0.1, 0.15) is 67.0 Å². The SMILES string of the molecule is CCc1ccc(F)c(C2CCC(c3cccc(C)n3)CC2)c1. The van der Waals surface area contributed by atoms with E-state index in [4.69, 9.17) is 0 Å². The maximum Gasteiger partial charge on any atom is 0.126 e. The number of pyridine rings is 1. The number of rotatable bonds is 3. The van der Waals surface area contributed by atoms with Crippen molar-refractivity contribution in [2.45, 2.75) is 57.8 Å². The second-order valence-corrected chi connectivity index (χ2v) is 6.46. The minimum atomic E-state index is -0.0330. The Morgan fingerprint density at radius 1 is 1.05 bits per heavy atom. The Bertz CT molecular complexity index is 642. The average Bonchev–Trinajstić information content (AvgIpc) is 2.55. The first-order valence-corrected chi connectivity index (χ1v) is 8.39. The zero-order valence-electron chi connectivity index (χ0n) is 13.5. The number of hydrogen-bond acceptors (Lipinski definition) is 1. The highest BCUT2D eigenvalue weighted by Gasteiger charge is 2.26. The van der Waals surface area contributed by atoms with Gasteiger partial charge in [-0.2, -0.15) is 0 Å². The summed E-state index contributed by atoms with van der Waals surface area (Å²) in [5.74, 6) is 0.871. The summed E-state index contributed by atoms with van der Waals surface area (Å²) < 4.78 is 14.2. The van der Waals surface area contributed by atoms with Crippen molar-refractivity contribution in [2.24, 2.45) is 0 Å². The number of nitrogens with zero attached hydrogens (tertiary/aromatic N) is 1. The number of aromatic nitrogens is 1. The average molecular weight is 297 g/mol. The predicted molar refractivity (Wildman–Crippen MR) is 88.7 cm³/mol. The lowest BCUT2D eigenvalue weighted by atomic mass is 9.77. The Hall–Kier alpha value is -1.70. The van der Waals surface area contributed by atoms with Gasteiger partial charge in [0.25, 0.3) is 0 Å². The topological polar surface area (TPSA) is 12.9 Å². The van der Waals surface area contributed by atoms with Crippen LogP contribution in [0.5, 0.6) is 0 Å². The Kier molecular flexibility index (Phi) is 4.56. The Morgan fingerprint density at radius 2 is 1.77 bits per heavy atom. The number of benzene rings is 1. The molecule has 0 unspecified atom stereocenters. The molecule has 1 aromatic heterocycles. The first-order valence-electron chi connectivity index (χ1n) is 8.39. The van der Waals surface area contributed by atoms with Crippen LogP contribution in [0.2, 0.25) is 0 Å². The van der Waals surface area contributed by atoms with E-state index in [1.807, 2.05) is 19.1 Å². The van der Waals surface area contributed by atoms with Crippen LogP contribution in [0.3, 0.4) is 0 Å². The number of hydrogen-bond donors (Lipinski definition) is 0. The van der Waals surface area contributed by atoms with E-state index in [1.165, 1.54) is 11.3 Å². The summed E-state index contributed by atoms with van der Waals surface area (Å²) in [7, 11) is 0. The zero-order chi connectivity index (χ0) is 15.5. The van der Waals surface area contributed by atoms with Crippen molar-refractivity contribution in [3.8, 4) is 0 Å². The van der Waals surface area contributed by atoms with Crippen LogP contribution in [0.25, 0.3) is 0 Å². The second-order valence-electron chi connectivity index (χ2n) is 6.46. The van der Waals surface area contributed by atoms with Crippen molar-refractivity contribution in [2.75, 3.05) is 0 Å². The molecule has 0 N–H and O–H groups in total. The minimum Gasteiger partial charge on any atom is -0.258 e. The molecule has 0 saturated heterocycles. The lowest BCUT2D eigenvalue weighted by molar-refractivity contribution is 0.382. The van der Waals surface area contributed by atoms with E-state index in [0.29, 0.717) is 11.8 Å². The Morgan fingerprint density at radius 3 is 2.45 bits per heavy atom. The van der Waals surface area contributed by atoms with Gasteiger partial charge in [-0.25, -0.2) is 4.39 Å². The highest BCUT2D eigenvalue weighted by atomic mass is 19.1. The molecular weight excluding hydrogens is 273 g/mol. The molecule has 0 radical (unpaired) electrons. The molecule has 1 heterocycles. The molecule has 0 aliphatic heterocycles. The summed E-state index contributed by atoms with van der Waals surface area (Å²) in [6, 6.07) is 11.9. The van der Waals surface area contributed by atoms with Crippen molar-refractivity contribution in [3.63, 3.8) is 0 Å². The molecule has 22 heavy (non-hydrogen) atoms. The molecule has 0 bridgehead atoms. The zero-order valence-corrected chi connectivity index (χ0v) is 13.5. The fourth-order valence-corrected chi connectivity index (χ4v) is 3.62. The van der Waals surface area contributed by atoms with Crippen LogP contribution in [0, 0.1) is 12.7 Å². The monoisotopic (exact) mass is 297 g/mol. The summed E-state index contributed by atoms with van der Waals surface area (Å²) in [6.07, 6.45) is 5.30. The molecule has 1 aromatic carbocycles. The molecule has 2 aromatic rings. The predicted octanol–water partition coefficient (Wildman–Crippen LogP) is 5.53. The quantitative estimate of drug-likeness (QED) is 0.725. The highest BCUT2D eigenvalue weighted by Crippen LogP contribution is 2.40. The van der Waals surface area contributed by atoms with Gasteiger partial charge >= 0.3 is 0 Å². The van der Waals surface area contributed by atoms with Gasteiger partial charge in [0.05, 0.1) is 0 Å². The molecule has 0 spiro atoms. The third-order valence-corrected chi connectivity index (χ3v) is 4.96. The molecule has 1 aliphatic carbocycles. The third-order valence-electron chi connectivity index (χ3n) is 4.96. The maximum atomic E-state index is 14.2. The second kappa shape index (κ2) is 6.60. The largest absolute Gasteiger partial charge is 0.258 e. The van der Waals surface area contributed by atoms with E-state index >= 15 is 0 Å². The number of aryl methyl sites for hydroxylation is 2. The molecule has 1 aliphatic rings. The molecular formula is C20H24FN. The minimum absolute atomic E-state index is 0.0330. The van der Waals surface area contributed by atoms with Crippen LogP contribution in [0.4, 0.5) is 4.39 Å². The van der Waals surface area contributed by atoms with Gasteiger partial charge in [-0.1, -0.05) is 25.1 Å². The summed E-state index contributed by atoms with van der Waals surface area (Å²) in [4.78, 5) is 4.67. The lowest BCUT2D eigenvalue weighted by Gasteiger charge is -2.29. The van der Waals surface area contributed by atoms with Crippen LogP contribution in [-0.2, 0) is 6.42 Å². The summed E-state index contributed by atoms with van der Waals surface area (Å²) in [5.41, 5.74) is 4.46. The summed E-state index contributed by atoms with van der Waals surface area (Å²) in [5, 5.41) is 0. The van der Waals surface area contributed by atoms with Gasteiger partial charge in [0, 0.05) is 17.3 Å². The van der Waals surface area contributed by atoms with Crippen molar-refractivity contribution < 1.29 is 4.39 Å². The van der Waals surface area contributed by atoms with E-state index in [-0.39, 0.29) is 5.82 Å². The molecule has 0 atom stereocenters. The number of halogens is 1. The molecule has 0 amide bonds. The Labute approximate surface area is 132 Å². The molecule has 1 nitrogen and oxygen atoms in total. The van der Waals surface area contributed by atoms with E-state index in [9.17, 15) is 4.39 Å². The fourth-order valence-electron chi connectivity index (χ4n) is 3.62. The van der Waals surface area contributed by atoms with Crippen molar-refractivity contribution in [1.82, 2.24) is 4.98 Å². The van der Waals surface area contributed by atoms with E-state index in [0.717, 1.165) is 43.4 Å². The van der Waals surface area contributed by atoms with E-state index in [1.54, 1.807) is 6.07 Å². The fraction of sp³-hybridized carbons (Fsp3) is 0.450. The first kappa shape index (κ1) is 15.2. The van der Waals surface area contributed by atoms with Crippen LogP contribution < -0.4 is 0 Å². The van der Waals surface area contributed by atoms with Crippen molar-refractivity contribution in [1.29, 1.82) is 0 Å². The summed E-state index contributed by atoms with van der Waals surface area (Å²) in [6.45, 7) is 4.16. The maximum absolute atomic E-state index is 14.2. The van der Waals surface area contributed by atoms with Gasteiger partial charge in [0.15, 0.2) is 0 Å². The summed E-state index contributed by atoms with van der Waals surface area (Å²) >= 11 is 0. The lowest BCUT2D eigenvalue weighted by Crippen LogP contribution is -2.14. The Balaban J connectivity index is 1.72. The molecule has 1 fully saturated rings. The van der Waals surface area contributed by atoms with Crippen molar-refractivity contribution >= 4 is 0 Å². The van der Waals surface area contributed by atoms with Gasteiger partial charge in [-0.15, -0.1) is 0 Å². The van der Waals surface area contributed by atoms with E-state index in [2.05, 4.69) is 30.1 Å². The van der Waals surface area contributed by atoms with Gasteiger partial charge in [-0.05, 0) is 74.3 Å². The van der Waals surface area contributed by atoms with Gasteiger partial charge in [0.1, 0.15) is 5.82 Å². The van der Waals surface area contributed by atoms with Gasteiger partial charge < -0.3 is 0 Å². The van der Waals surface area contributed by atoms with Crippen LogP contribution in [-0.4, -0.2) is 4.98 Å². The highest BCUT2D eigenvalue weighted by molar-refractivity contribution is 5.29. The molecule has 3 rings (SSSR count). The standard InChI is InChI=1S/C20H24FN/c1-3-15-7-12-19(21)18(13-15)16-8-10-17(11-9-16)20-6-4-5-14(2)22-20/h4-7,12-13,16-17H,3,8-11H2,1-2H3. The van der Waals surface area contributed by atoms with E-state index < -0.39 is 0 Å². The van der Waals surface area contributed by atoms with Gasteiger partial charge in [-0.3, -0.25) is 4.98 Å². The van der Waals surface area contributed by atoms with Crippen LogP contribution in [0.15, 0.2) is 36.4 Å². The van der Waals surface area contributed by atoms with Crippen molar-refractivity contribution in [3.05, 3.63) is 64.7 Å². The third kappa shape index (κ3) is 3.21. The smallest absolute Gasteiger partial charge is 0.126 e. The molecule has 1 saturated carbocycles.